The first-order chi connectivity index (χ1) is 17.7. The number of carboxylic acids is 1. The second kappa shape index (κ2) is 9.08. The number of rotatable bonds is 3. The second-order valence-corrected chi connectivity index (χ2v) is 10.2. The van der Waals surface area contributed by atoms with Gasteiger partial charge in [0, 0.05) is 24.0 Å². The van der Waals surface area contributed by atoms with Gasteiger partial charge in [-0.1, -0.05) is 31.2 Å². The summed E-state index contributed by atoms with van der Waals surface area (Å²) in [5.74, 6) is -2.76. The molecule has 3 aliphatic rings. The molecule has 1 aromatic heterocycles. The largest absolute Gasteiger partial charge is 0.507 e. The van der Waals surface area contributed by atoms with Crippen molar-refractivity contribution in [1.29, 1.82) is 0 Å². The molecule has 0 aliphatic carbocycles. The number of aliphatic hydroxyl groups is 1. The van der Waals surface area contributed by atoms with Gasteiger partial charge in [-0.05, 0) is 61.4 Å². The first-order valence-corrected chi connectivity index (χ1v) is 12.6. The molecular formula is C28H32N2O7. The highest BCUT2D eigenvalue weighted by Gasteiger charge is 2.60. The molecule has 2 aromatic carbocycles. The number of aromatic hydroxyl groups is 2. The predicted octanol–water partition coefficient (Wildman–Crippen LogP) is 3.75. The van der Waals surface area contributed by atoms with Gasteiger partial charge in [0.15, 0.2) is 0 Å². The van der Waals surface area contributed by atoms with Crippen molar-refractivity contribution in [3.63, 3.8) is 0 Å². The van der Waals surface area contributed by atoms with E-state index in [4.69, 9.17) is 20.1 Å². The molecule has 0 bridgehead atoms. The lowest BCUT2D eigenvalue weighted by Crippen LogP contribution is -2.60. The monoisotopic (exact) mass is 508 g/mol. The number of phenols is 2. The topological polar surface area (TPSA) is 132 Å². The summed E-state index contributed by atoms with van der Waals surface area (Å²) in [6.07, 6.45) is 4.52. The van der Waals surface area contributed by atoms with Crippen LogP contribution in [0.5, 0.6) is 11.5 Å². The average molecular weight is 509 g/mol. The molecule has 0 unspecified atom stereocenters. The zero-order valence-corrected chi connectivity index (χ0v) is 21.0. The summed E-state index contributed by atoms with van der Waals surface area (Å²) in [6, 6.07) is 12.2. The lowest BCUT2D eigenvalue weighted by molar-refractivity contribution is -0.194. The number of ether oxygens (including phenoxy) is 1. The van der Waals surface area contributed by atoms with Crippen molar-refractivity contribution in [2.75, 3.05) is 20.2 Å². The maximum atomic E-state index is 12.8. The van der Waals surface area contributed by atoms with Crippen molar-refractivity contribution >= 4 is 22.8 Å². The molecule has 3 aromatic rings. The zero-order chi connectivity index (χ0) is 26.5. The number of piperidine rings is 1. The first kappa shape index (κ1) is 25.1. The van der Waals surface area contributed by atoms with Crippen LogP contribution in [0, 0.1) is 5.41 Å². The Morgan fingerprint density at radius 3 is 2.41 bits per heavy atom. The van der Waals surface area contributed by atoms with Crippen LogP contribution in [0.2, 0.25) is 0 Å². The number of benzene rings is 2. The van der Waals surface area contributed by atoms with Crippen molar-refractivity contribution in [2.24, 2.45) is 5.41 Å². The number of hydrogen-bond acceptors (Lipinski definition) is 7. The third-order valence-electron chi connectivity index (χ3n) is 8.41. The van der Waals surface area contributed by atoms with Gasteiger partial charge in [0.1, 0.15) is 17.1 Å². The molecule has 6 rings (SSSR count). The third-order valence-corrected chi connectivity index (χ3v) is 8.41. The molecule has 37 heavy (non-hydrogen) atoms. The highest BCUT2D eigenvalue weighted by atomic mass is 16.5. The average Bonchev–Trinajstić information content (AvgIpc) is 3.23. The van der Waals surface area contributed by atoms with Crippen LogP contribution in [0.1, 0.15) is 60.3 Å². The van der Waals surface area contributed by atoms with Crippen LogP contribution in [-0.2, 0) is 21.7 Å². The highest BCUT2D eigenvalue weighted by Crippen LogP contribution is 2.60. The van der Waals surface area contributed by atoms with E-state index in [1.807, 2.05) is 22.8 Å². The number of esters is 1. The van der Waals surface area contributed by atoms with Gasteiger partial charge in [0.05, 0.1) is 18.7 Å². The van der Waals surface area contributed by atoms with Crippen LogP contribution >= 0.6 is 0 Å². The van der Waals surface area contributed by atoms with Crippen LogP contribution < -0.4 is 0 Å². The molecule has 1 fully saturated rings. The summed E-state index contributed by atoms with van der Waals surface area (Å²) in [5, 5.41) is 39.2. The summed E-state index contributed by atoms with van der Waals surface area (Å²) in [6.45, 7) is 4.36. The quantitative estimate of drug-likeness (QED) is 0.393. The van der Waals surface area contributed by atoms with E-state index in [9.17, 15) is 14.7 Å². The minimum absolute atomic E-state index is 0.0826. The summed E-state index contributed by atoms with van der Waals surface area (Å²) in [5.41, 5.74) is 1.23. The van der Waals surface area contributed by atoms with Gasteiger partial charge in [-0.2, -0.15) is 0 Å². The molecule has 0 amide bonds. The SMILES string of the molecule is CC[C@]12CCCN3CCc4c(n(c5ccccc45)[C@@](O)(C(=O)OC)C1)[C@@H]32.O=C(O)c1c(O)cccc1O. The Balaban J connectivity index is 0.000000215. The molecule has 0 radical (unpaired) electrons. The van der Waals surface area contributed by atoms with E-state index in [2.05, 4.69) is 17.9 Å². The van der Waals surface area contributed by atoms with Crippen molar-refractivity contribution in [3.8, 4) is 11.5 Å². The maximum absolute atomic E-state index is 12.8. The fraction of sp³-hybridized carbons (Fsp3) is 0.429. The number of para-hydroxylation sites is 1. The summed E-state index contributed by atoms with van der Waals surface area (Å²) < 4.78 is 7.01. The predicted molar refractivity (Wildman–Crippen MR) is 135 cm³/mol. The molecule has 3 aliphatic heterocycles. The third kappa shape index (κ3) is 3.67. The Kier molecular flexibility index (Phi) is 6.16. The number of fused-ring (bicyclic) bond motifs is 3. The van der Waals surface area contributed by atoms with E-state index in [0.29, 0.717) is 6.42 Å². The normalized spacial score (nSPS) is 26.1. The molecule has 4 heterocycles. The van der Waals surface area contributed by atoms with E-state index in [0.717, 1.165) is 50.0 Å². The van der Waals surface area contributed by atoms with Crippen molar-refractivity contribution < 1.29 is 34.8 Å². The summed E-state index contributed by atoms with van der Waals surface area (Å²) in [7, 11) is 1.37. The standard InChI is InChI=1S/C21H26N2O3.C7H6O4/c1-3-20-10-6-11-22-12-9-15-14-7-4-5-8-16(14)23(17(15)18(20)22)21(25,13-20)19(24)26-2;8-4-2-1-3-5(9)6(4)7(10)11/h4-5,7-8,18,25H,3,6,9-13H2,1-2H3;1-3,8-9H,(H,10,11)/t18-,20+,21+;/m1./s1. The first-order valence-electron chi connectivity index (χ1n) is 12.6. The number of carbonyl (C=O) groups is 2. The maximum Gasteiger partial charge on any atom is 0.359 e. The number of carboxylic acid groups (broad SMARTS) is 1. The number of aromatic nitrogens is 1. The molecule has 9 heteroatoms. The zero-order valence-electron chi connectivity index (χ0n) is 21.0. The highest BCUT2D eigenvalue weighted by molar-refractivity contribution is 5.93. The minimum atomic E-state index is -1.63. The van der Waals surface area contributed by atoms with Crippen molar-refractivity contribution in [2.45, 2.75) is 50.8 Å². The summed E-state index contributed by atoms with van der Waals surface area (Å²) >= 11 is 0. The smallest absolute Gasteiger partial charge is 0.359 e. The molecule has 9 nitrogen and oxygen atoms in total. The molecule has 196 valence electrons. The van der Waals surface area contributed by atoms with Crippen molar-refractivity contribution in [3.05, 3.63) is 59.3 Å². The van der Waals surface area contributed by atoms with Crippen molar-refractivity contribution in [1.82, 2.24) is 9.47 Å². The lowest BCUT2D eigenvalue weighted by Gasteiger charge is -2.57. The number of methoxy groups -OCH3 is 1. The van der Waals surface area contributed by atoms with Crippen LogP contribution in [0.25, 0.3) is 10.9 Å². The van der Waals surface area contributed by atoms with Gasteiger partial charge in [-0.3, -0.25) is 4.90 Å². The Morgan fingerprint density at radius 2 is 1.78 bits per heavy atom. The van der Waals surface area contributed by atoms with E-state index >= 15 is 0 Å². The van der Waals surface area contributed by atoms with Gasteiger partial charge >= 0.3 is 11.9 Å². The number of hydrogen-bond donors (Lipinski definition) is 4. The summed E-state index contributed by atoms with van der Waals surface area (Å²) in [4.78, 5) is 25.7. The van der Waals surface area contributed by atoms with E-state index in [1.54, 1.807) is 0 Å². The molecule has 0 saturated carbocycles. The number of carbonyl (C=O) groups excluding carboxylic acids is 1. The molecule has 3 atom stereocenters. The van der Waals surface area contributed by atoms with Crippen LogP contribution in [0.15, 0.2) is 42.5 Å². The van der Waals surface area contributed by atoms with Crippen LogP contribution in [0.3, 0.4) is 0 Å². The number of aromatic carboxylic acids is 1. The Morgan fingerprint density at radius 1 is 1.08 bits per heavy atom. The van der Waals surface area contributed by atoms with Gasteiger partial charge < -0.3 is 29.7 Å². The van der Waals surface area contributed by atoms with Gasteiger partial charge in [-0.25, -0.2) is 9.59 Å². The molecule has 1 saturated heterocycles. The van der Waals surface area contributed by atoms with Gasteiger partial charge in [-0.15, -0.1) is 0 Å². The fourth-order valence-corrected chi connectivity index (χ4v) is 6.85. The molecule has 4 N–H and O–H groups in total. The van der Waals surface area contributed by atoms with E-state index < -0.39 is 34.7 Å². The lowest BCUT2D eigenvalue weighted by atomic mass is 9.62. The fourth-order valence-electron chi connectivity index (χ4n) is 6.85. The van der Waals surface area contributed by atoms with E-state index in [-0.39, 0.29) is 11.5 Å². The van der Waals surface area contributed by atoms with Gasteiger partial charge in [0.2, 0.25) is 5.72 Å². The Bertz CT molecular complexity index is 1360. The number of nitrogens with zero attached hydrogens (tertiary/aromatic N) is 2. The molecular weight excluding hydrogens is 476 g/mol. The second-order valence-electron chi connectivity index (χ2n) is 10.2. The van der Waals surface area contributed by atoms with E-state index in [1.165, 1.54) is 36.3 Å². The van der Waals surface area contributed by atoms with Crippen LogP contribution in [0.4, 0.5) is 0 Å². The Labute approximate surface area is 214 Å². The minimum Gasteiger partial charge on any atom is -0.507 e. The molecule has 0 spiro atoms. The van der Waals surface area contributed by atoms with Gasteiger partial charge in [0.25, 0.3) is 0 Å². The Hall–Kier alpha value is -3.56. The van der Waals surface area contributed by atoms with Crippen LogP contribution in [-0.4, -0.2) is 62.0 Å².